The number of fused-ring (bicyclic) bond motifs is 2. The maximum atomic E-state index is 17.0. The van der Waals surface area contributed by atoms with Crippen LogP contribution in [0.25, 0.3) is 21.6 Å². The molecule has 0 bridgehead atoms. The number of aliphatic carboxylic acids is 2. The SMILES string of the molecule is CC(C)(C)OC(=O)Nc1nc(N=[N+]=[N-])nc2c1ncn2[C@@]1(F)CO[C@@H]2C(OC(Cc3cccc(C#N)c3)(C(=O)O)C(=O)O)[C@@]21O. The van der Waals surface area contributed by atoms with Gasteiger partial charge in [0.2, 0.25) is 11.7 Å². The number of aromatic nitrogens is 4. The van der Waals surface area contributed by atoms with Crippen molar-refractivity contribution in [1.82, 2.24) is 19.5 Å². The van der Waals surface area contributed by atoms with Gasteiger partial charge < -0.3 is 29.5 Å². The van der Waals surface area contributed by atoms with Crippen LogP contribution in [-0.4, -0.2) is 88.5 Å². The summed E-state index contributed by atoms with van der Waals surface area (Å²) in [6.07, 6.45) is -4.23. The van der Waals surface area contributed by atoms with Crippen molar-refractivity contribution in [1.29, 1.82) is 5.26 Å². The fraction of sp³-hybridized carbons (Fsp3) is 0.423. The topological polar surface area (TPSA) is 268 Å². The molecule has 1 aromatic carbocycles. The number of azide groups is 1. The second-order valence-electron chi connectivity index (χ2n) is 11.3. The maximum absolute atomic E-state index is 17.0. The van der Waals surface area contributed by atoms with Gasteiger partial charge in [-0.2, -0.15) is 5.26 Å². The molecule has 2 aliphatic rings. The molecule has 1 aliphatic carbocycles. The lowest BCUT2D eigenvalue weighted by molar-refractivity contribution is -0.198. The number of hydrogen-bond donors (Lipinski definition) is 4. The molecular weight excluding hydrogens is 601 g/mol. The van der Waals surface area contributed by atoms with Gasteiger partial charge in [-0.15, -0.1) is 0 Å². The van der Waals surface area contributed by atoms with E-state index in [9.17, 15) is 35.0 Å². The zero-order chi connectivity index (χ0) is 32.9. The van der Waals surface area contributed by atoms with Crippen LogP contribution in [0.4, 0.5) is 21.0 Å². The molecule has 19 heteroatoms. The first-order valence-electron chi connectivity index (χ1n) is 13.1. The Morgan fingerprint density at radius 1 is 1.31 bits per heavy atom. The molecule has 0 spiro atoms. The molecule has 45 heavy (non-hydrogen) atoms. The van der Waals surface area contributed by atoms with E-state index in [0.717, 1.165) is 6.33 Å². The van der Waals surface area contributed by atoms with Crippen molar-refractivity contribution in [3.8, 4) is 6.07 Å². The van der Waals surface area contributed by atoms with Crippen molar-refractivity contribution >= 4 is 41.0 Å². The summed E-state index contributed by atoms with van der Waals surface area (Å²) < 4.78 is 33.8. The van der Waals surface area contributed by atoms with E-state index in [1.807, 2.05) is 6.07 Å². The van der Waals surface area contributed by atoms with E-state index in [0.29, 0.717) is 4.57 Å². The molecule has 1 unspecified atom stereocenters. The normalized spacial score (nSPS) is 23.8. The van der Waals surface area contributed by atoms with E-state index < -0.39 is 71.8 Å². The lowest BCUT2D eigenvalue weighted by Gasteiger charge is -2.31. The average Bonchev–Trinajstić information content (AvgIpc) is 3.19. The Balaban J connectivity index is 1.52. The Bertz CT molecular complexity index is 1820. The van der Waals surface area contributed by atoms with E-state index in [2.05, 4.69) is 30.3 Å². The second-order valence-corrected chi connectivity index (χ2v) is 11.3. The molecule has 2 aromatic heterocycles. The highest BCUT2D eigenvalue weighted by Crippen LogP contribution is 2.60. The number of halogens is 1. The highest BCUT2D eigenvalue weighted by atomic mass is 19.1. The predicted molar refractivity (Wildman–Crippen MR) is 145 cm³/mol. The fourth-order valence-electron chi connectivity index (χ4n) is 5.05. The molecule has 234 valence electrons. The van der Waals surface area contributed by atoms with Crippen molar-refractivity contribution in [3.63, 3.8) is 0 Å². The largest absolute Gasteiger partial charge is 0.479 e. The zero-order valence-corrected chi connectivity index (χ0v) is 23.7. The molecule has 3 aromatic rings. The number of ether oxygens (including phenoxy) is 3. The number of nitriles is 1. The van der Waals surface area contributed by atoms with Crippen LogP contribution in [0.3, 0.4) is 0 Å². The Hall–Kier alpha value is -5.41. The maximum Gasteiger partial charge on any atom is 0.413 e. The number of anilines is 1. The predicted octanol–water partition coefficient (Wildman–Crippen LogP) is 2.29. The third-order valence-electron chi connectivity index (χ3n) is 7.15. The number of nitrogens with zero attached hydrogens (tertiary/aromatic N) is 8. The second kappa shape index (κ2) is 10.6. The number of carbonyl (C=O) groups excluding carboxylic acids is 1. The standard InChI is InChI=1S/C26H24FN9O9/c1-23(2,3)45-22(41)32-17-14-18(33-21(31-17)34-35-29)36(11-30-14)25(27)10-43-15-16(26(15,25)42)44-24(19(37)38,20(39)40)8-12-5-4-6-13(7-12)9-28/h4-7,11,15-16,42H,8,10H2,1-3H3,(H,37,38)(H,39,40)(H,31,32,33,41)/t15-,16?,25+,26+/m1/s1. The lowest BCUT2D eigenvalue weighted by Crippen LogP contribution is -2.54. The Morgan fingerprint density at radius 2 is 2.02 bits per heavy atom. The van der Waals surface area contributed by atoms with E-state index >= 15 is 4.39 Å². The molecule has 1 amide bonds. The molecule has 4 N–H and O–H groups in total. The Labute approximate surface area is 251 Å². The molecule has 0 radical (unpaired) electrons. The number of benzene rings is 1. The van der Waals surface area contributed by atoms with E-state index in [-0.39, 0.29) is 28.1 Å². The van der Waals surface area contributed by atoms with Gasteiger partial charge in [0.1, 0.15) is 24.4 Å². The van der Waals surface area contributed by atoms with Gasteiger partial charge in [0.15, 0.2) is 22.6 Å². The summed E-state index contributed by atoms with van der Waals surface area (Å²) in [4.78, 5) is 51.7. The minimum Gasteiger partial charge on any atom is -0.479 e. The van der Waals surface area contributed by atoms with Crippen molar-refractivity contribution in [2.24, 2.45) is 5.11 Å². The molecule has 1 saturated carbocycles. The number of carbonyl (C=O) groups is 3. The van der Waals surface area contributed by atoms with Crippen molar-refractivity contribution in [2.45, 2.75) is 62.0 Å². The van der Waals surface area contributed by atoms with Crippen LogP contribution >= 0.6 is 0 Å². The molecule has 4 atom stereocenters. The lowest BCUT2D eigenvalue weighted by atomic mass is 9.93. The van der Waals surface area contributed by atoms with Crippen molar-refractivity contribution < 1.29 is 48.3 Å². The number of carboxylic acid groups (broad SMARTS) is 2. The molecular formula is C26H24FN9O9. The van der Waals surface area contributed by atoms with Crippen LogP contribution in [0.1, 0.15) is 31.9 Å². The van der Waals surface area contributed by atoms with Gasteiger partial charge in [-0.1, -0.05) is 12.1 Å². The van der Waals surface area contributed by atoms with Crippen molar-refractivity contribution in [2.75, 3.05) is 11.9 Å². The number of hydrogen-bond acceptors (Lipinski definition) is 12. The third-order valence-corrected chi connectivity index (χ3v) is 7.15. The van der Waals surface area contributed by atoms with Gasteiger partial charge in [-0.25, -0.2) is 33.7 Å². The minimum atomic E-state index is -3.03. The van der Waals surface area contributed by atoms with Gasteiger partial charge in [-0.3, -0.25) is 9.88 Å². The monoisotopic (exact) mass is 625 g/mol. The van der Waals surface area contributed by atoms with Gasteiger partial charge in [-0.05, 0) is 49.1 Å². The molecule has 3 heterocycles. The molecule has 1 aliphatic heterocycles. The summed E-state index contributed by atoms with van der Waals surface area (Å²) >= 11 is 0. The van der Waals surface area contributed by atoms with E-state index in [1.54, 1.807) is 20.8 Å². The molecule has 18 nitrogen and oxygen atoms in total. The van der Waals surface area contributed by atoms with Crippen molar-refractivity contribution in [3.05, 3.63) is 52.2 Å². The summed E-state index contributed by atoms with van der Waals surface area (Å²) in [5, 5.41) is 46.4. The number of rotatable bonds is 9. The number of alkyl halides is 1. The van der Waals surface area contributed by atoms with Gasteiger partial charge >= 0.3 is 18.0 Å². The Morgan fingerprint density at radius 3 is 2.64 bits per heavy atom. The van der Waals surface area contributed by atoms with Crippen LogP contribution < -0.4 is 5.32 Å². The number of aliphatic hydroxyl groups is 1. The number of carboxylic acids is 2. The highest BCUT2D eigenvalue weighted by molar-refractivity contribution is 6.02. The summed E-state index contributed by atoms with van der Waals surface area (Å²) in [5.74, 6) is -7.80. The van der Waals surface area contributed by atoms with E-state index in [4.69, 9.17) is 19.7 Å². The number of imidazole rings is 1. The van der Waals surface area contributed by atoms with Crippen LogP contribution in [-0.2, 0) is 36.0 Å². The first-order chi connectivity index (χ1) is 21.1. The number of nitrogens with one attached hydrogen (secondary N) is 1. The first-order valence-corrected chi connectivity index (χ1v) is 13.1. The Kier molecular flexibility index (Phi) is 7.34. The molecule has 1 saturated heterocycles. The first kappa shape index (κ1) is 31.0. The average molecular weight is 626 g/mol. The highest BCUT2D eigenvalue weighted by Gasteiger charge is 2.85. The van der Waals surface area contributed by atoms with Crippen LogP contribution in [0.15, 0.2) is 35.7 Å². The molecule has 2 fully saturated rings. The summed E-state index contributed by atoms with van der Waals surface area (Å²) in [6, 6.07) is 7.35. The summed E-state index contributed by atoms with van der Waals surface area (Å²) in [7, 11) is 0. The minimum absolute atomic E-state index is 0.108. The smallest absolute Gasteiger partial charge is 0.413 e. The summed E-state index contributed by atoms with van der Waals surface area (Å²) in [5.41, 5.74) is 1.97. The van der Waals surface area contributed by atoms with Gasteiger partial charge in [0.25, 0.3) is 5.60 Å². The van der Waals surface area contributed by atoms with Crippen LogP contribution in [0, 0.1) is 11.3 Å². The van der Waals surface area contributed by atoms with Gasteiger partial charge in [0, 0.05) is 11.3 Å². The zero-order valence-electron chi connectivity index (χ0n) is 23.7. The summed E-state index contributed by atoms with van der Waals surface area (Å²) in [6.45, 7) is 3.97. The van der Waals surface area contributed by atoms with E-state index in [1.165, 1.54) is 24.3 Å². The fourth-order valence-corrected chi connectivity index (χ4v) is 5.05. The van der Waals surface area contributed by atoms with Gasteiger partial charge in [0.05, 0.1) is 18.0 Å². The van der Waals surface area contributed by atoms with Crippen LogP contribution in [0.2, 0.25) is 0 Å². The quantitative estimate of drug-likeness (QED) is 0.115. The number of amides is 1. The third kappa shape index (κ3) is 5.11. The molecule has 5 rings (SSSR count). The van der Waals surface area contributed by atoms with Crippen LogP contribution in [0.5, 0.6) is 0 Å².